The summed E-state index contributed by atoms with van der Waals surface area (Å²) in [7, 11) is 4.39. The normalized spacial score (nSPS) is 14.3. The van der Waals surface area contributed by atoms with Gasteiger partial charge in [0.05, 0.1) is 0 Å². The molecule has 0 aliphatic carbocycles. The fourth-order valence-corrected chi connectivity index (χ4v) is 5.21. The average molecular weight is 403 g/mol. The summed E-state index contributed by atoms with van der Waals surface area (Å²) < 4.78 is 0. The molecule has 0 amide bonds. The largest absolute Gasteiger partial charge is 0.370 e. The molecular weight excluding hydrogens is 376 g/mol. The van der Waals surface area contributed by atoms with Crippen LogP contribution in [-0.4, -0.2) is 14.1 Å². The molecular formula is C29H26N2. The second kappa shape index (κ2) is 7.02. The molecule has 0 fully saturated rings. The van der Waals surface area contributed by atoms with Crippen molar-refractivity contribution in [2.24, 2.45) is 0 Å². The van der Waals surface area contributed by atoms with E-state index in [0.29, 0.717) is 0 Å². The predicted octanol–water partition coefficient (Wildman–Crippen LogP) is 6.57. The van der Waals surface area contributed by atoms with Gasteiger partial charge in [0.2, 0.25) is 0 Å². The summed E-state index contributed by atoms with van der Waals surface area (Å²) in [4.78, 5) is 4.73. The quantitative estimate of drug-likeness (QED) is 0.355. The Bertz CT molecular complexity index is 1300. The molecule has 4 aromatic carbocycles. The smallest absolute Gasteiger partial charge is 0.0450 e. The van der Waals surface area contributed by atoms with Gasteiger partial charge in [-0.25, -0.2) is 0 Å². The van der Waals surface area contributed by atoms with E-state index in [-0.39, 0.29) is 0 Å². The van der Waals surface area contributed by atoms with Crippen molar-refractivity contribution in [2.75, 3.05) is 23.9 Å². The van der Waals surface area contributed by atoms with E-state index >= 15 is 0 Å². The van der Waals surface area contributed by atoms with E-state index in [1.165, 1.54) is 56.0 Å². The fraction of sp³-hybridized carbons (Fsp3) is 0.172. The number of fused-ring (bicyclic) bond motifs is 4. The van der Waals surface area contributed by atoms with E-state index in [1.54, 1.807) is 0 Å². The maximum atomic E-state index is 2.39. The summed E-state index contributed by atoms with van der Waals surface area (Å²) in [5.41, 5.74) is 13.6. The highest BCUT2D eigenvalue weighted by Crippen LogP contribution is 2.40. The monoisotopic (exact) mass is 402 g/mol. The molecule has 0 unspecified atom stereocenters. The van der Waals surface area contributed by atoms with Gasteiger partial charge in [0.25, 0.3) is 0 Å². The van der Waals surface area contributed by atoms with Gasteiger partial charge < -0.3 is 9.80 Å². The van der Waals surface area contributed by atoms with E-state index in [0.717, 1.165) is 19.4 Å². The lowest BCUT2D eigenvalue weighted by Gasteiger charge is -2.30. The van der Waals surface area contributed by atoms with Crippen LogP contribution >= 0.6 is 0 Å². The lowest BCUT2D eigenvalue weighted by molar-refractivity contribution is 0.926. The molecule has 2 heteroatoms. The molecule has 0 bridgehead atoms. The van der Waals surface area contributed by atoms with Gasteiger partial charge >= 0.3 is 0 Å². The first-order valence-electron chi connectivity index (χ1n) is 11.0. The number of hydrogen-bond acceptors (Lipinski definition) is 2. The first-order chi connectivity index (χ1) is 15.2. The molecule has 0 spiro atoms. The molecule has 2 heterocycles. The summed E-state index contributed by atoms with van der Waals surface area (Å²) in [5.74, 6) is 0. The highest BCUT2D eigenvalue weighted by molar-refractivity contribution is 5.80. The van der Waals surface area contributed by atoms with Crippen molar-refractivity contribution in [3.63, 3.8) is 0 Å². The first kappa shape index (κ1) is 18.3. The van der Waals surface area contributed by atoms with E-state index in [1.807, 2.05) is 0 Å². The van der Waals surface area contributed by atoms with Crippen molar-refractivity contribution >= 4 is 17.1 Å². The Hall–Kier alpha value is -3.52. The Kier molecular flexibility index (Phi) is 4.14. The van der Waals surface area contributed by atoms with E-state index in [4.69, 9.17) is 0 Å². The number of benzene rings is 4. The summed E-state index contributed by atoms with van der Waals surface area (Å²) in [6, 6.07) is 31.5. The lowest BCUT2D eigenvalue weighted by Crippen LogP contribution is -2.18. The minimum atomic E-state index is 0.955. The van der Waals surface area contributed by atoms with Crippen LogP contribution in [0.5, 0.6) is 0 Å². The highest BCUT2D eigenvalue weighted by atomic mass is 15.1. The topological polar surface area (TPSA) is 6.48 Å². The number of nitrogens with zero attached hydrogens (tertiary/aromatic N) is 2. The predicted molar refractivity (Wildman–Crippen MR) is 131 cm³/mol. The van der Waals surface area contributed by atoms with Crippen molar-refractivity contribution in [2.45, 2.75) is 19.4 Å². The van der Waals surface area contributed by atoms with Crippen LogP contribution in [0.4, 0.5) is 17.1 Å². The Balaban J connectivity index is 1.39. The maximum absolute atomic E-state index is 2.39. The van der Waals surface area contributed by atoms with Crippen LogP contribution in [0.1, 0.15) is 27.8 Å². The number of para-hydroxylation sites is 1. The molecule has 152 valence electrons. The third-order valence-electron chi connectivity index (χ3n) is 6.92. The molecule has 0 saturated carbocycles. The van der Waals surface area contributed by atoms with E-state index in [9.17, 15) is 0 Å². The molecule has 6 rings (SSSR count). The van der Waals surface area contributed by atoms with Crippen LogP contribution < -0.4 is 9.80 Å². The molecule has 0 aromatic heterocycles. The molecule has 0 radical (unpaired) electrons. The molecule has 2 aliphatic heterocycles. The summed E-state index contributed by atoms with van der Waals surface area (Å²) in [6.45, 7) is 0.955. The minimum Gasteiger partial charge on any atom is -0.370 e. The third-order valence-corrected chi connectivity index (χ3v) is 6.92. The fourth-order valence-electron chi connectivity index (χ4n) is 5.21. The van der Waals surface area contributed by atoms with Crippen molar-refractivity contribution in [1.29, 1.82) is 0 Å². The maximum Gasteiger partial charge on any atom is 0.0450 e. The van der Waals surface area contributed by atoms with Crippen LogP contribution in [0.3, 0.4) is 0 Å². The first-order valence-corrected chi connectivity index (χ1v) is 11.0. The molecule has 0 N–H and O–H groups in total. The van der Waals surface area contributed by atoms with Crippen molar-refractivity contribution in [3.8, 4) is 11.1 Å². The van der Waals surface area contributed by atoms with Gasteiger partial charge in [-0.3, -0.25) is 0 Å². The molecule has 0 atom stereocenters. The molecule has 4 aromatic rings. The third kappa shape index (κ3) is 3.02. The van der Waals surface area contributed by atoms with Gasteiger partial charge in [-0.05, 0) is 63.6 Å². The Labute approximate surface area is 184 Å². The minimum absolute atomic E-state index is 0.955. The van der Waals surface area contributed by atoms with Gasteiger partial charge in [0, 0.05) is 44.1 Å². The number of anilines is 3. The SMILES string of the molecule is CN1Cc2ccccc2Cc2ccc(-c3ccc4c(c3)N(C)c3ccccc3C4)cc21. The van der Waals surface area contributed by atoms with Gasteiger partial charge in [0.1, 0.15) is 0 Å². The highest BCUT2D eigenvalue weighted by Gasteiger charge is 2.21. The van der Waals surface area contributed by atoms with Crippen molar-refractivity contribution in [1.82, 2.24) is 0 Å². The zero-order valence-electron chi connectivity index (χ0n) is 18.1. The van der Waals surface area contributed by atoms with Crippen LogP contribution in [-0.2, 0) is 19.4 Å². The second-order valence-corrected chi connectivity index (χ2v) is 8.85. The summed E-state index contributed by atoms with van der Waals surface area (Å²) in [6.07, 6.45) is 2.00. The summed E-state index contributed by atoms with van der Waals surface area (Å²) >= 11 is 0. The molecule has 0 saturated heterocycles. The van der Waals surface area contributed by atoms with Crippen molar-refractivity contribution < 1.29 is 0 Å². The zero-order valence-corrected chi connectivity index (χ0v) is 18.1. The van der Waals surface area contributed by atoms with E-state index in [2.05, 4.69) is 109 Å². The van der Waals surface area contributed by atoms with Gasteiger partial charge in [0.15, 0.2) is 0 Å². The Morgan fingerprint density at radius 1 is 0.516 bits per heavy atom. The molecule has 31 heavy (non-hydrogen) atoms. The van der Waals surface area contributed by atoms with Crippen LogP contribution in [0, 0.1) is 0 Å². The van der Waals surface area contributed by atoms with Crippen molar-refractivity contribution in [3.05, 3.63) is 113 Å². The van der Waals surface area contributed by atoms with Crippen LogP contribution in [0.15, 0.2) is 84.9 Å². The molecule has 2 nitrogen and oxygen atoms in total. The van der Waals surface area contributed by atoms with Gasteiger partial charge in [-0.2, -0.15) is 0 Å². The van der Waals surface area contributed by atoms with Crippen LogP contribution in [0.25, 0.3) is 11.1 Å². The molecule has 2 aliphatic rings. The van der Waals surface area contributed by atoms with Gasteiger partial charge in [-0.1, -0.05) is 66.7 Å². The second-order valence-electron chi connectivity index (χ2n) is 8.85. The average Bonchev–Trinajstić information content (AvgIpc) is 2.94. The standard InChI is InChI=1S/C29H26N2/c1-30-19-26-9-4-3-7-20(26)15-24-13-11-21(17-28(24)30)22-12-14-25-16-23-8-5-6-10-27(23)31(2)29(25)18-22/h3-14,17-18H,15-16,19H2,1-2H3. The van der Waals surface area contributed by atoms with E-state index < -0.39 is 0 Å². The number of rotatable bonds is 1. The zero-order chi connectivity index (χ0) is 20.9. The Morgan fingerprint density at radius 2 is 1.06 bits per heavy atom. The Morgan fingerprint density at radius 3 is 1.84 bits per heavy atom. The number of hydrogen-bond donors (Lipinski definition) is 0. The van der Waals surface area contributed by atoms with Gasteiger partial charge in [-0.15, -0.1) is 0 Å². The van der Waals surface area contributed by atoms with Crippen LogP contribution in [0.2, 0.25) is 0 Å². The summed E-state index contributed by atoms with van der Waals surface area (Å²) in [5, 5.41) is 0. The lowest BCUT2D eigenvalue weighted by atomic mass is 9.92.